The molecule has 0 atom stereocenters. The van der Waals surface area contributed by atoms with E-state index in [4.69, 9.17) is 4.18 Å². The van der Waals surface area contributed by atoms with Crippen LogP contribution >= 0.6 is 0 Å². The molecule has 17 heteroatoms. The first-order valence-electron chi connectivity index (χ1n) is 24.6. The van der Waals surface area contributed by atoms with Crippen LogP contribution in [-0.4, -0.2) is 103 Å². The minimum Gasteiger partial charge on any atom is -0.870 e. The largest absolute Gasteiger partial charge is 1.00 e. The number of aromatic hydroxyl groups is 1. The number of hydrogen-bond acceptors (Lipinski definition) is 11. The number of phenols is 1. The number of likely N-dealkylation sites (tertiary alicyclic amines) is 2. The molecule has 0 unspecified atom stereocenters. The zero-order chi connectivity index (χ0) is 46.2. The minimum absolute atomic E-state index is 0. The van der Waals surface area contributed by atoms with Crippen LogP contribution in [0, 0.1) is 6.92 Å². The second-order valence-corrected chi connectivity index (χ2v) is 20.8. The second-order valence-electron chi connectivity index (χ2n) is 19.2. The van der Waals surface area contributed by atoms with Gasteiger partial charge in [0.05, 0.1) is 22.7 Å². The first kappa shape index (κ1) is 59.2. The summed E-state index contributed by atoms with van der Waals surface area (Å²) in [6, 6.07) is 17.2. The number of fused-ring (bicyclic) bond motifs is 2. The summed E-state index contributed by atoms with van der Waals surface area (Å²) < 4.78 is 31.3. The molecule has 4 amide bonds. The van der Waals surface area contributed by atoms with Crippen molar-refractivity contribution in [3.05, 3.63) is 66.2 Å². The quantitative estimate of drug-likeness (QED) is 0.0979. The fourth-order valence-electron chi connectivity index (χ4n) is 11.1. The maximum Gasteiger partial charge on any atom is 1.00 e. The van der Waals surface area contributed by atoms with Gasteiger partial charge in [-0.3, -0.25) is 19.2 Å². The summed E-state index contributed by atoms with van der Waals surface area (Å²) in [7, 11) is -4.06. The molecule has 380 valence electrons. The van der Waals surface area contributed by atoms with E-state index in [1.54, 1.807) is 52.3 Å². The van der Waals surface area contributed by atoms with Crippen LogP contribution < -0.4 is 76.0 Å². The Kier molecular flexibility index (Phi) is 23.3. The first-order valence-corrected chi connectivity index (χ1v) is 26.0. The first-order chi connectivity index (χ1) is 31.9. The number of amides is 4. The Labute approximate surface area is 459 Å². The van der Waals surface area contributed by atoms with Crippen LogP contribution in [0.25, 0.3) is 0 Å². The molecule has 15 nitrogen and oxygen atoms in total. The molecule has 4 fully saturated rings. The van der Waals surface area contributed by atoms with Gasteiger partial charge in [-0.1, -0.05) is 96.8 Å². The molecule has 2 aliphatic carbocycles. The summed E-state index contributed by atoms with van der Waals surface area (Å²) in [6.07, 6.45) is 21.4. The van der Waals surface area contributed by atoms with Crippen molar-refractivity contribution in [3.8, 4) is 11.5 Å². The summed E-state index contributed by atoms with van der Waals surface area (Å²) in [5.74, 6) is -0.890. The van der Waals surface area contributed by atoms with Crippen molar-refractivity contribution in [3.63, 3.8) is 0 Å². The van der Waals surface area contributed by atoms with Gasteiger partial charge in [0, 0.05) is 62.5 Å². The Bertz CT molecular complexity index is 2300. The monoisotopic (exact) mass is 1010 g/mol. The molecule has 0 bridgehead atoms. The molecule has 3 aromatic carbocycles. The number of aryl methyl sites for hydroxylation is 1. The number of benzene rings is 3. The number of nitrogens with one attached hydrogen (secondary N) is 2. The molecule has 0 spiro atoms. The Morgan fingerprint density at radius 1 is 0.543 bits per heavy atom. The topological polar surface area (TPSA) is 199 Å². The van der Waals surface area contributed by atoms with Crippen molar-refractivity contribution in [1.82, 2.24) is 9.80 Å². The molecule has 9 rings (SSSR count). The van der Waals surface area contributed by atoms with E-state index >= 15 is 0 Å². The molecule has 4 aliphatic heterocycles. The second kappa shape index (κ2) is 27.6. The fraction of sp³-hybridized carbons (Fsp3) is 0.585. The van der Waals surface area contributed by atoms with Crippen LogP contribution in [0.15, 0.2) is 65.6 Å². The zero-order valence-corrected chi connectivity index (χ0v) is 43.9. The maximum atomic E-state index is 13.3. The summed E-state index contributed by atoms with van der Waals surface area (Å²) in [6.45, 7) is 5.69. The predicted octanol–water partition coefficient (Wildman–Crippen LogP) is 6.76. The Balaban J connectivity index is 0.000000299. The van der Waals surface area contributed by atoms with Crippen LogP contribution in [-0.2, 0) is 29.3 Å². The smallest absolute Gasteiger partial charge is 0.870 e. The van der Waals surface area contributed by atoms with Crippen LogP contribution in [0.1, 0.15) is 149 Å². The van der Waals surface area contributed by atoms with E-state index in [1.807, 2.05) is 6.92 Å². The van der Waals surface area contributed by atoms with Gasteiger partial charge >= 0.3 is 61.5 Å². The van der Waals surface area contributed by atoms with E-state index in [1.165, 1.54) is 108 Å². The number of nitrogens with zero attached hydrogens (tertiary/aromatic N) is 4. The average molecular weight is 1010 g/mol. The van der Waals surface area contributed by atoms with Crippen LogP contribution in [0.3, 0.4) is 0 Å². The molecule has 0 aromatic heterocycles. The SMILES string of the molecule is C.C.Cc1ccc(S(=O)(=O)Oc2ccc3c(c2)N(C2CCN(C4CCCCCCC4)CC2)C(=O)CC(=O)N3)cc1.O=C1CC(=O)N(C2CCN(C3CCCCCCC3)CC2)c2cc(O)ccc2N1.[K+].[OH-]. The van der Waals surface area contributed by atoms with E-state index < -0.39 is 10.1 Å². The van der Waals surface area contributed by atoms with Crippen molar-refractivity contribution in [1.29, 1.82) is 0 Å². The molecule has 6 aliphatic rings. The third kappa shape index (κ3) is 15.1. The van der Waals surface area contributed by atoms with Crippen molar-refractivity contribution < 1.29 is 93.7 Å². The summed E-state index contributed by atoms with van der Waals surface area (Å²) in [5, 5.41) is 15.6. The van der Waals surface area contributed by atoms with Gasteiger partial charge in [0.25, 0.3) is 0 Å². The molecule has 2 saturated heterocycles. The predicted molar refractivity (Wildman–Crippen MR) is 272 cm³/mol. The number of carbonyl (C=O) groups excluding carboxylic acids is 4. The minimum atomic E-state index is -4.06. The van der Waals surface area contributed by atoms with Crippen molar-refractivity contribution >= 4 is 56.5 Å². The molecular formula is C53H77KN6O9S. The normalized spacial score (nSPS) is 20.6. The molecule has 70 heavy (non-hydrogen) atoms. The molecular weight excluding hydrogens is 936 g/mol. The van der Waals surface area contributed by atoms with Crippen LogP contribution in [0.5, 0.6) is 11.5 Å². The van der Waals surface area contributed by atoms with Gasteiger partial charge in [-0.05, 0) is 94.7 Å². The number of piperidine rings is 2. The number of hydrogen-bond donors (Lipinski definition) is 3. The third-order valence-corrected chi connectivity index (χ3v) is 15.9. The molecule has 2 saturated carbocycles. The zero-order valence-electron chi connectivity index (χ0n) is 40.0. The standard InChI is InChI=1S/C29H37N3O5S.C22H31N3O3.2CH4.K.H2O/c1-21-9-12-25(13-10-21)38(35,36)37-24-11-14-26-27(19-24)32(29(34)20-28(33)30-26)23-15-17-31(18-16-23)22-7-5-3-2-4-6-8-22;26-18-8-9-19-20(14-18)25(22(28)15-21(27)23-19)17-10-12-24(13-11-17)16-6-4-2-1-3-5-7-16;;;;/h9-14,19,22-23H,2-8,15-18,20H2,1H3,(H,30,33);8-9,14,16-17,26H,1-7,10-13,15H2,(H,23,27);2*1H4;;1H2/q;;;;+1;/p-1. The molecule has 4 N–H and O–H groups in total. The van der Waals surface area contributed by atoms with Gasteiger partial charge in [-0.2, -0.15) is 8.42 Å². The van der Waals surface area contributed by atoms with Crippen molar-refractivity contribution in [2.24, 2.45) is 0 Å². The van der Waals surface area contributed by atoms with E-state index in [9.17, 15) is 32.7 Å². The number of rotatable bonds is 7. The summed E-state index contributed by atoms with van der Waals surface area (Å²) in [5.41, 5.74) is 3.15. The summed E-state index contributed by atoms with van der Waals surface area (Å²) in [4.78, 5) is 59.4. The van der Waals surface area contributed by atoms with Crippen molar-refractivity contribution in [2.45, 2.75) is 179 Å². The van der Waals surface area contributed by atoms with Gasteiger partial charge in [0.15, 0.2) is 0 Å². The van der Waals surface area contributed by atoms with Gasteiger partial charge in [0.1, 0.15) is 29.2 Å². The van der Waals surface area contributed by atoms with Gasteiger partial charge in [-0.25, -0.2) is 0 Å². The van der Waals surface area contributed by atoms with Gasteiger partial charge < -0.3 is 45.0 Å². The van der Waals surface area contributed by atoms with Crippen molar-refractivity contribution in [2.75, 3.05) is 46.6 Å². The Morgan fingerprint density at radius 2 is 0.943 bits per heavy atom. The fourth-order valence-corrected chi connectivity index (χ4v) is 12.0. The van der Waals surface area contributed by atoms with E-state index in [0.717, 1.165) is 57.4 Å². The maximum absolute atomic E-state index is 13.3. The van der Waals surface area contributed by atoms with Crippen LogP contribution in [0.2, 0.25) is 0 Å². The Morgan fingerprint density at radius 3 is 1.39 bits per heavy atom. The molecule has 0 radical (unpaired) electrons. The number of anilines is 4. The number of carbonyl (C=O) groups is 4. The summed E-state index contributed by atoms with van der Waals surface area (Å²) >= 11 is 0. The van der Waals surface area contributed by atoms with E-state index in [0.29, 0.717) is 34.8 Å². The number of phenolic OH excluding ortho intramolecular Hbond substituents is 1. The van der Waals surface area contributed by atoms with E-state index in [-0.39, 0.29) is 137 Å². The Hall–Kier alpha value is -3.39. The average Bonchev–Trinajstić information content (AvgIpc) is 3.47. The van der Waals surface area contributed by atoms with Gasteiger partial charge in [0.2, 0.25) is 23.6 Å². The van der Waals surface area contributed by atoms with Crippen LogP contribution in [0.4, 0.5) is 22.7 Å². The molecule has 3 aromatic rings. The van der Waals surface area contributed by atoms with E-state index in [2.05, 4.69) is 20.4 Å². The van der Waals surface area contributed by atoms with Gasteiger partial charge in [-0.15, -0.1) is 0 Å². The third-order valence-electron chi connectivity index (χ3n) is 14.6. The molecule has 4 heterocycles.